The quantitative estimate of drug-likeness (QED) is 0.505. The number of hydrogen-bond acceptors (Lipinski definition) is 6. The highest BCUT2D eigenvalue weighted by Gasteiger charge is 2.22. The molecule has 10 heteroatoms. The number of benzene rings is 2. The summed E-state index contributed by atoms with van der Waals surface area (Å²) in [7, 11) is -0.610. The summed E-state index contributed by atoms with van der Waals surface area (Å²) in [5.41, 5.74) is 3.56. The molecule has 1 aromatic heterocycles. The van der Waals surface area contributed by atoms with Crippen molar-refractivity contribution >= 4 is 27.7 Å². The lowest BCUT2D eigenvalue weighted by atomic mass is 10.1. The normalized spacial score (nSPS) is 11.7. The molecule has 0 unspecified atom stereocenters. The Kier molecular flexibility index (Phi) is 7.37. The Bertz CT molecular complexity index is 1220. The van der Waals surface area contributed by atoms with Gasteiger partial charge in [-0.2, -0.15) is 0 Å². The molecular weight excluding hydrogens is 446 g/mol. The summed E-state index contributed by atoms with van der Waals surface area (Å²) in [6, 6.07) is 12.6. The number of rotatable bonds is 8. The number of nitrogens with one attached hydrogen (secondary N) is 1. The van der Waals surface area contributed by atoms with Crippen molar-refractivity contribution in [3.05, 3.63) is 53.6 Å². The van der Waals surface area contributed by atoms with Crippen molar-refractivity contribution in [2.75, 3.05) is 26.4 Å². The van der Waals surface area contributed by atoms with Gasteiger partial charge in [0, 0.05) is 26.2 Å². The van der Waals surface area contributed by atoms with Crippen LogP contribution < -0.4 is 5.32 Å². The van der Waals surface area contributed by atoms with Gasteiger partial charge in [0.2, 0.25) is 15.9 Å². The van der Waals surface area contributed by atoms with Gasteiger partial charge in [0.1, 0.15) is 0 Å². The Morgan fingerprint density at radius 2 is 1.75 bits per heavy atom. The number of amides is 1. The van der Waals surface area contributed by atoms with Crippen LogP contribution in [0.5, 0.6) is 0 Å². The minimum Gasteiger partial charge on any atom is -0.356 e. The Morgan fingerprint density at radius 1 is 1.09 bits per heavy atom. The van der Waals surface area contributed by atoms with Gasteiger partial charge in [0.15, 0.2) is 11.0 Å². The number of sulfonamides is 1. The van der Waals surface area contributed by atoms with Crippen molar-refractivity contribution in [1.82, 2.24) is 24.4 Å². The van der Waals surface area contributed by atoms with Crippen molar-refractivity contribution < 1.29 is 13.2 Å². The molecule has 1 heterocycles. The van der Waals surface area contributed by atoms with Gasteiger partial charge in [0.05, 0.1) is 16.3 Å². The summed E-state index contributed by atoms with van der Waals surface area (Å²) in [6.07, 6.45) is 0. The van der Waals surface area contributed by atoms with Crippen molar-refractivity contribution in [3.8, 4) is 17.1 Å². The van der Waals surface area contributed by atoms with Crippen LogP contribution >= 0.6 is 11.8 Å². The number of nitrogens with zero attached hydrogens (tertiary/aromatic N) is 4. The van der Waals surface area contributed by atoms with Gasteiger partial charge in [-0.25, -0.2) is 12.7 Å². The zero-order valence-corrected chi connectivity index (χ0v) is 20.4. The van der Waals surface area contributed by atoms with E-state index < -0.39 is 10.0 Å². The molecule has 0 radical (unpaired) electrons. The van der Waals surface area contributed by atoms with E-state index >= 15 is 0 Å². The van der Waals surface area contributed by atoms with Crippen LogP contribution in [0.2, 0.25) is 0 Å². The van der Waals surface area contributed by atoms with Crippen LogP contribution in [0.25, 0.3) is 17.1 Å². The lowest BCUT2D eigenvalue weighted by molar-refractivity contribution is -0.118. The first-order valence-corrected chi connectivity index (χ1v) is 12.5. The number of carbonyl (C=O) groups is 1. The SMILES string of the molecule is CCNC(=O)CSc1nnc(-c2cccc(S(=O)(=O)N(C)C)c2)n1-c1c(C)cccc1C. The molecule has 3 aromatic rings. The summed E-state index contributed by atoms with van der Waals surface area (Å²) >= 11 is 1.29. The zero-order valence-electron chi connectivity index (χ0n) is 18.8. The third-order valence-electron chi connectivity index (χ3n) is 4.87. The third-order valence-corrected chi connectivity index (χ3v) is 7.61. The average Bonchev–Trinajstić information content (AvgIpc) is 3.16. The minimum atomic E-state index is -3.60. The summed E-state index contributed by atoms with van der Waals surface area (Å²) in [5, 5.41) is 12.1. The highest BCUT2D eigenvalue weighted by molar-refractivity contribution is 7.99. The van der Waals surface area contributed by atoms with Crippen LogP contribution in [0, 0.1) is 13.8 Å². The summed E-state index contributed by atoms with van der Waals surface area (Å²) in [5.74, 6) is 0.622. The van der Waals surface area contributed by atoms with Crippen molar-refractivity contribution in [3.63, 3.8) is 0 Å². The average molecular weight is 474 g/mol. The number of para-hydroxylation sites is 1. The highest BCUT2D eigenvalue weighted by Crippen LogP contribution is 2.32. The summed E-state index contributed by atoms with van der Waals surface area (Å²) < 4.78 is 28.4. The second kappa shape index (κ2) is 9.85. The van der Waals surface area contributed by atoms with E-state index in [0.717, 1.165) is 16.8 Å². The van der Waals surface area contributed by atoms with Crippen LogP contribution in [0.15, 0.2) is 52.5 Å². The molecule has 0 saturated heterocycles. The maximum Gasteiger partial charge on any atom is 0.242 e. The number of aryl methyl sites for hydroxylation is 2. The predicted molar refractivity (Wildman–Crippen MR) is 127 cm³/mol. The highest BCUT2D eigenvalue weighted by atomic mass is 32.2. The van der Waals surface area contributed by atoms with Crippen LogP contribution in [0.1, 0.15) is 18.1 Å². The topological polar surface area (TPSA) is 97.2 Å². The van der Waals surface area contributed by atoms with Crippen molar-refractivity contribution in [2.45, 2.75) is 30.8 Å². The van der Waals surface area contributed by atoms with Gasteiger partial charge < -0.3 is 5.32 Å². The fourth-order valence-corrected chi connectivity index (χ4v) is 5.01. The van der Waals surface area contributed by atoms with Gasteiger partial charge in [-0.3, -0.25) is 9.36 Å². The Morgan fingerprint density at radius 3 is 2.38 bits per heavy atom. The van der Waals surface area contributed by atoms with Crippen LogP contribution in [0.3, 0.4) is 0 Å². The third kappa shape index (κ3) is 4.87. The number of thioether (sulfide) groups is 1. The Hall–Kier alpha value is -2.69. The molecule has 32 heavy (non-hydrogen) atoms. The molecule has 1 N–H and O–H groups in total. The molecule has 2 aromatic carbocycles. The van der Waals surface area contributed by atoms with E-state index in [1.54, 1.807) is 24.3 Å². The standard InChI is InChI=1S/C22H27N5O3S2/c1-6-23-19(28)14-31-22-25-24-21(27(22)20-15(2)9-7-10-16(20)3)17-11-8-12-18(13-17)32(29,30)26(4)5/h7-13H,6,14H2,1-5H3,(H,23,28). The lowest BCUT2D eigenvalue weighted by Crippen LogP contribution is -2.24. The molecule has 0 aliphatic heterocycles. The maximum absolute atomic E-state index is 12.7. The molecule has 170 valence electrons. The first-order valence-electron chi connectivity index (χ1n) is 10.1. The largest absolute Gasteiger partial charge is 0.356 e. The number of aromatic nitrogens is 3. The summed E-state index contributed by atoms with van der Waals surface area (Å²) in [6.45, 7) is 6.42. The molecule has 0 saturated carbocycles. The molecule has 0 aliphatic rings. The van der Waals surface area contributed by atoms with Crippen LogP contribution in [-0.2, 0) is 14.8 Å². The molecule has 3 rings (SSSR count). The zero-order chi connectivity index (χ0) is 23.5. The molecular formula is C22H27N5O3S2. The second-order valence-corrected chi connectivity index (χ2v) is 10.5. The van der Waals surface area contributed by atoms with Crippen LogP contribution in [0.4, 0.5) is 0 Å². The summed E-state index contributed by atoms with van der Waals surface area (Å²) in [4.78, 5) is 12.2. The van der Waals surface area contributed by atoms with E-state index in [9.17, 15) is 13.2 Å². The van der Waals surface area contributed by atoms with E-state index in [0.29, 0.717) is 23.1 Å². The molecule has 0 spiro atoms. The van der Waals surface area contributed by atoms with Gasteiger partial charge in [0.25, 0.3) is 0 Å². The second-order valence-electron chi connectivity index (χ2n) is 7.44. The molecule has 0 aliphatic carbocycles. The fraction of sp³-hybridized carbons (Fsp3) is 0.318. The molecule has 0 fully saturated rings. The lowest BCUT2D eigenvalue weighted by Gasteiger charge is -2.16. The van der Waals surface area contributed by atoms with E-state index in [1.165, 1.54) is 30.2 Å². The van der Waals surface area contributed by atoms with Crippen molar-refractivity contribution in [2.24, 2.45) is 0 Å². The Balaban J connectivity index is 2.17. The van der Waals surface area contributed by atoms with E-state index in [2.05, 4.69) is 15.5 Å². The fourth-order valence-electron chi connectivity index (χ4n) is 3.30. The van der Waals surface area contributed by atoms with E-state index in [-0.39, 0.29) is 16.6 Å². The van der Waals surface area contributed by atoms with Gasteiger partial charge >= 0.3 is 0 Å². The van der Waals surface area contributed by atoms with Gasteiger partial charge in [-0.1, -0.05) is 42.1 Å². The first kappa shape index (κ1) is 24.0. The van der Waals surface area contributed by atoms with Gasteiger partial charge in [-0.15, -0.1) is 10.2 Å². The van der Waals surface area contributed by atoms with Crippen molar-refractivity contribution in [1.29, 1.82) is 0 Å². The van der Waals surface area contributed by atoms with E-state index in [1.807, 2.05) is 43.5 Å². The minimum absolute atomic E-state index is 0.0887. The monoisotopic (exact) mass is 473 g/mol. The number of carbonyl (C=O) groups excluding carboxylic acids is 1. The van der Waals surface area contributed by atoms with Crippen LogP contribution in [-0.4, -0.2) is 59.8 Å². The smallest absolute Gasteiger partial charge is 0.242 e. The van der Waals surface area contributed by atoms with Gasteiger partial charge in [-0.05, 0) is 44.0 Å². The molecule has 0 atom stereocenters. The predicted octanol–water partition coefficient (Wildman–Crippen LogP) is 3.03. The molecule has 0 bridgehead atoms. The first-order chi connectivity index (χ1) is 15.2. The Labute approximate surface area is 193 Å². The number of hydrogen-bond donors (Lipinski definition) is 1. The maximum atomic E-state index is 12.7. The van der Waals surface area contributed by atoms with E-state index in [4.69, 9.17) is 0 Å². The molecule has 8 nitrogen and oxygen atoms in total. The molecule has 1 amide bonds.